The highest BCUT2D eigenvalue weighted by Crippen LogP contribution is 2.39. The van der Waals surface area contributed by atoms with E-state index in [0.717, 1.165) is 131 Å². The fourth-order valence-electron chi connectivity index (χ4n) is 8.27. The maximum absolute atomic E-state index is 13.0. The molecule has 0 radical (unpaired) electrons. The zero-order valence-corrected chi connectivity index (χ0v) is 35.7. The lowest BCUT2D eigenvalue weighted by atomic mass is 9.92. The summed E-state index contributed by atoms with van der Waals surface area (Å²) >= 11 is 0. The van der Waals surface area contributed by atoms with E-state index >= 15 is 0 Å². The fraction of sp³-hybridized carbons (Fsp3) is 0.652. The second kappa shape index (κ2) is 22.0. The van der Waals surface area contributed by atoms with E-state index in [1.54, 1.807) is 14.2 Å². The van der Waals surface area contributed by atoms with Crippen LogP contribution in [0.3, 0.4) is 0 Å². The molecule has 3 aliphatic rings. The zero-order valence-electron chi connectivity index (χ0n) is 35.7. The molecule has 4 aromatic rings. The third-order valence-electron chi connectivity index (χ3n) is 11.8. The lowest BCUT2D eigenvalue weighted by Gasteiger charge is -2.29. The number of ether oxygens (including phenoxy) is 4. The van der Waals surface area contributed by atoms with Crippen molar-refractivity contribution >= 4 is 23.1 Å². The van der Waals surface area contributed by atoms with Gasteiger partial charge in [-0.25, -0.2) is 9.97 Å². The second-order valence-corrected chi connectivity index (χ2v) is 16.5. The van der Waals surface area contributed by atoms with Gasteiger partial charge in [0.1, 0.15) is 11.3 Å². The molecule has 0 aliphatic heterocycles. The molecule has 12 heteroatoms. The molecule has 0 aromatic carbocycles. The van der Waals surface area contributed by atoms with E-state index in [-0.39, 0.29) is 23.9 Å². The highest BCUT2D eigenvalue weighted by atomic mass is 16.5. The van der Waals surface area contributed by atoms with Crippen molar-refractivity contribution in [1.82, 2.24) is 29.4 Å². The molecule has 58 heavy (non-hydrogen) atoms. The second-order valence-electron chi connectivity index (χ2n) is 16.5. The number of amides is 2. The number of hydrogen-bond donors (Lipinski definition) is 2. The van der Waals surface area contributed by atoms with E-state index in [9.17, 15) is 9.59 Å². The van der Waals surface area contributed by atoms with Crippen molar-refractivity contribution in [3.63, 3.8) is 0 Å². The van der Waals surface area contributed by atoms with Gasteiger partial charge in [-0.2, -0.15) is 0 Å². The minimum absolute atomic E-state index is 0.0216. The molecule has 4 heterocycles. The van der Waals surface area contributed by atoms with E-state index < -0.39 is 0 Å². The van der Waals surface area contributed by atoms with Crippen LogP contribution >= 0.6 is 0 Å². The highest BCUT2D eigenvalue weighted by molar-refractivity contribution is 6.01. The molecule has 0 atom stereocenters. The molecule has 0 saturated heterocycles. The van der Waals surface area contributed by atoms with Crippen LogP contribution in [0, 0.1) is 0 Å². The first-order valence-electron chi connectivity index (χ1n) is 22.2. The number of carbonyl (C=O) groups excluding carboxylic acids is 2. The van der Waals surface area contributed by atoms with Gasteiger partial charge in [0.15, 0.2) is 0 Å². The predicted octanol–water partition coefficient (Wildman–Crippen LogP) is 8.51. The summed E-state index contributed by atoms with van der Waals surface area (Å²) in [5.41, 5.74) is 6.92. The summed E-state index contributed by atoms with van der Waals surface area (Å²) in [5.74, 6) is 0.475. The molecule has 3 aliphatic carbocycles. The largest absolute Gasteiger partial charge is 0.378 e. The monoisotopic (exact) mass is 801 g/mol. The van der Waals surface area contributed by atoms with Crippen molar-refractivity contribution in [2.45, 2.75) is 167 Å². The van der Waals surface area contributed by atoms with Gasteiger partial charge in [0.05, 0.1) is 47.9 Å². The van der Waals surface area contributed by atoms with Gasteiger partial charge in [-0.15, -0.1) is 0 Å². The van der Waals surface area contributed by atoms with Crippen LogP contribution in [0.5, 0.6) is 0 Å². The molecule has 3 fully saturated rings. The Hall–Kier alpha value is -3.84. The first-order valence-corrected chi connectivity index (χ1v) is 22.2. The SMILES string of the molecule is CCCCOC1CCC(NC(=O)c2ccn3c(COC)cc(C4CC4)nc23)CC1.CCCCOC1CCC(NC(=O)c2ccn3c(COC)cc(CCC)nc23)CC1. The number of hydrogen-bond acceptors (Lipinski definition) is 8. The third-order valence-corrected chi connectivity index (χ3v) is 11.8. The Morgan fingerprint density at radius 1 is 0.655 bits per heavy atom. The maximum Gasteiger partial charge on any atom is 0.255 e. The molecule has 4 aromatic heterocycles. The van der Waals surface area contributed by atoms with Gasteiger partial charge < -0.3 is 38.4 Å². The number of rotatable bonds is 19. The Kier molecular flexibility index (Phi) is 16.6. The van der Waals surface area contributed by atoms with E-state index in [0.29, 0.717) is 42.5 Å². The smallest absolute Gasteiger partial charge is 0.255 e. The van der Waals surface area contributed by atoms with Gasteiger partial charge in [-0.1, -0.05) is 40.0 Å². The van der Waals surface area contributed by atoms with Crippen molar-refractivity contribution in [3.05, 3.63) is 70.6 Å². The van der Waals surface area contributed by atoms with Crippen LogP contribution in [0.15, 0.2) is 36.7 Å². The van der Waals surface area contributed by atoms with E-state index in [2.05, 4.69) is 43.5 Å². The minimum Gasteiger partial charge on any atom is -0.378 e. The molecule has 2 amide bonds. The summed E-state index contributed by atoms with van der Waals surface area (Å²) in [6.45, 7) is 9.21. The summed E-state index contributed by atoms with van der Waals surface area (Å²) in [7, 11) is 3.38. The molecule has 7 rings (SSSR count). The van der Waals surface area contributed by atoms with Crippen molar-refractivity contribution in [3.8, 4) is 0 Å². The van der Waals surface area contributed by atoms with Crippen LogP contribution in [0.1, 0.15) is 166 Å². The molecule has 318 valence electrons. The van der Waals surface area contributed by atoms with E-state index in [1.165, 1.54) is 19.3 Å². The average Bonchev–Trinajstić information content (AvgIpc) is 3.84. The van der Waals surface area contributed by atoms with Crippen molar-refractivity contribution < 1.29 is 28.5 Å². The number of aromatic nitrogens is 4. The van der Waals surface area contributed by atoms with Gasteiger partial charge in [-0.05, 0) is 108 Å². The Morgan fingerprint density at radius 3 is 1.59 bits per heavy atom. The Bertz CT molecular complexity index is 1900. The predicted molar refractivity (Wildman–Crippen MR) is 227 cm³/mol. The van der Waals surface area contributed by atoms with Crippen LogP contribution in [0.4, 0.5) is 0 Å². The van der Waals surface area contributed by atoms with Gasteiger partial charge in [0.2, 0.25) is 0 Å². The number of unbranched alkanes of at least 4 members (excludes halogenated alkanes) is 2. The number of nitrogens with zero attached hydrogens (tertiary/aromatic N) is 4. The van der Waals surface area contributed by atoms with Crippen molar-refractivity contribution in [2.24, 2.45) is 0 Å². The quantitative estimate of drug-likeness (QED) is 0.0904. The number of carbonyl (C=O) groups is 2. The first-order chi connectivity index (χ1) is 28.3. The summed E-state index contributed by atoms with van der Waals surface area (Å²) in [6, 6.07) is 8.37. The van der Waals surface area contributed by atoms with Gasteiger partial charge >= 0.3 is 0 Å². The Morgan fingerprint density at radius 2 is 1.14 bits per heavy atom. The fourth-order valence-corrected chi connectivity index (χ4v) is 8.27. The standard InChI is InChI=1S/C23H33N3O3.C23H35N3O3/c1-3-4-13-29-19-9-7-17(8-10-19)24-23(27)20-11-12-26-18(15-28-2)14-21(16-5-6-16)25-22(20)26;1-4-6-14-29-20-10-8-17(9-11-20)25-23(27)21-12-13-26-19(16-28-3)15-18(7-5-2)24-22(21)26/h11-12,14,16-17,19H,3-10,13,15H2,1-2H3,(H,24,27);12-13,15,17,20H,4-11,14,16H2,1-3H3,(H,25,27). The van der Waals surface area contributed by atoms with Crippen LogP contribution in [0.25, 0.3) is 11.3 Å². The molecule has 2 N–H and O–H groups in total. The first kappa shape index (κ1) is 43.7. The molecule has 12 nitrogen and oxygen atoms in total. The van der Waals surface area contributed by atoms with Gasteiger partial charge in [-0.3, -0.25) is 9.59 Å². The van der Waals surface area contributed by atoms with E-state index in [4.69, 9.17) is 28.9 Å². The van der Waals surface area contributed by atoms with Crippen LogP contribution in [-0.2, 0) is 38.6 Å². The topological polar surface area (TPSA) is 130 Å². The van der Waals surface area contributed by atoms with Crippen LogP contribution < -0.4 is 10.6 Å². The Balaban J connectivity index is 0.000000196. The van der Waals surface area contributed by atoms with Crippen LogP contribution in [0.2, 0.25) is 0 Å². The molecule has 3 saturated carbocycles. The normalized spacial score (nSPS) is 20.8. The third kappa shape index (κ3) is 11.7. The number of fused-ring (bicyclic) bond motifs is 2. The lowest BCUT2D eigenvalue weighted by molar-refractivity contribution is 0.0209. The highest BCUT2D eigenvalue weighted by Gasteiger charge is 2.29. The lowest BCUT2D eigenvalue weighted by Crippen LogP contribution is -2.39. The minimum atomic E-state index is -0.0348. The number of aryl methyl sites for hydroxylation is 1. The number of methoxy groups -OCH3 is 2. The molecule has 0 bridgehead atoms. The molecule has 0 unspecified atom stereocenters. The van der Waals surface area contributed by atoms with Crippen molar-refractivity contribution in [2.75, 3.05) is 27.4 Å². The Labute approximate surface area is 345 Å². The van der Waals surface area contributed by atoms with Crippen LogP contribution in [-0.4, -0.2) is 82.3 Å². The van der Waals surface area contributed by atoms with Crippen molar-refractivity contribution in [1.29, 1.82) is 0 Å². The summed E-state index contributed by atoms with van der Waals surface area (Å²) < 4.78 is 26.6. The molecular formula is C46H68N6O6. The molecule has 0 spiro atoms. The summed E-state index contributed by atoms with van der Waals surface area (Å²) in [5, 5.41) is 6.46. The average molecular weight is 801 g/mol. The van der Waals surface area contributed by atoms with Gasteiger partial charge in [0.25, 0.3) is 11.8 Å². The van der Waals surface area contributed by atoms with Gasteiger partial charge in [0, 0.05) is 69.2 Å². The summed E-state index contributed by atoms with van der Waals surface area (Å²) in [4.78, 5) is 35.6. The zero-order chi connectivity index (χ0) is 40.9. The maximum atomic E-state index is 13.0. The number of nitrogens with one attached hydrogen (secondary N) is 2. The molecular weight excluding hydrogens is 733 g/mol. The van der Waals surface area contributed by atoms with E-state index in [1.807, 2.05) is 33.3 Å². The summed E-state index contributed by atoms with van der Waals surface area (Å²) in [6.07, 6.45) is 21.4.